The molecule has 1 aliphatic heterocycles. The van der Waals surface area contributed by atoms with Gasteiger partial charge in [0.25, 0.3) is 0 Å². The van der Waals surface area contributed by atoms with E-state index in [2.05, 4.69) is 25.8 Å². The minimum atomic E-state index is -0.658. The zero-order chi connectivity index (χ0) is 23.9. The Labute approximate surface area is 198 Å². The number of amides is 2. The van der Waals surface area contributed by atoms with Gasteiger partial charge in [-0.3, -0.25) is 9.59 Å². The van der Waals surface area contributed by atoms with Crippen LogP contribution in [0, 0.1) is 5.92 Å². The smallest absolute Gasteiger partial charge is 0.240 e. The maximum absolute atomic E-state index is 13.1. The number of thiazole rings is 1. The van der Waals surface area contributed by atoms with Gasteiger partial charge in [-0.05, 0) is 44.1 Å². The highest BCUT2D eigenvalue weighted by atomic mass is 32.1. The van der Waals surface area contributed by atoms with Crippen LogP contribution in [-0.2, 0) is 39.1 Å². The maximum Gasteiger partial charge on any atom is 0.240 e. The highest BCUT2D eigenvalue weighted by Crippen LogP contribution is 2.38. The average Bonchev–Trinajstić information content (AvgIpc) is 3.35. The van der Waals surface area contributed by atoms with Crippen LogP contribution in [0.25, 0.3) is 10.6 Å². The van der Waals surface area contributed by atoms with Gasteiger partial charge in [-0.15, -0.1) is 11.3 Å². The van der Waals surface area contributed by atoms with E-state index in [4.69, 9.17) is 15.7 Å². The normalized spacial score (nSPS) is 19.8. The van der Waals surface area contributed by atoms with Gasteiger partial charge in [0, 0.05) is 24.6 Å². The molecule has 8 nitrogen and oxygen atoms in total. The monoisotopic (exact) mass is 469 g/mol. The fourth-order valence-electron chi connectivity index (χ4n) is 4.68. The molecule has 2 N–H and O–H groups in total. The van der Waals surface area contributed by atoms with Crippen LogP contribution in [0.1, 0.15) is 69.0 Å². The summed E-state index contributed by atoms with van der Waals surface area (Å²) in [5.74, 6) is 0.147. The Morgan fingerprint density at radius 3 is 2.64 bits per heavy atom. The largest absolute Gasteiger partial charge is 0.368 e. The summed E-state index contributed by atoms with van der Waals surface area (Å²) in [5.41, 5.74) is 8.50. The summed E-state index contributed by atoms with van der Waals surface area (Å²) in [4.78, 5) is 53.4. The van der Waals surface area contributed by atoms with Gasteiger partial charge in [0.05, 0.1) is 22.7 Å². The molecule has 1 fully saturated rings. The predicted octanol–water partition coefficient (Wildman–Crippen LogP) is 2.61. The summed E-state index contributed by atoms with van der Waals surface area (Å²) < 4.78 is 0. The van der Waals surface area contributed by atoms with Crippen molar-refractivity contribution in [2.24, 2.45) is 11.7 Å². The van der Waals surface area contributed by atoms with Gasteiger partial charge in [-0.1, -0.05) is 20.8 Å². The van der Waals surface area contributed by atoms with E-state index in [1.165, 1.54) is 18.3 Å². The first-order chi connectivity index (χ1) is 15.5. The van der Waals surface area contributed by atoms with Crippen molar-refractivity contribution in [3.05, 3.63) is 28.3 Å². The summed E-state index contributed by atoms with van der Waals surface area (Å²) in [7, 11) is 0. The minimum absolute atomic E-state index is 0.0701. The molecule has 3 heterocycles. The summed E-state index contributed by atoms with van der Waals surface area (Å²) in [5, 5.41) is 0.726. The first kappa shape index (κ1) is 23.5. The Balaban J connectivity index is 1.53. The molecular formula is C24H31N5O3S. The maximum atomic E-state index is 13.1. The number of hydrogen-bond donors (Lipinski definition) is 1. The molecule has 1 aliphatic carbocycles. The van der Waals surface area contributed by atoms with E-state index in [-0.39, 0.29) is 29.4 Å². The molecule has 176 valence electrons. The second-order valence-electron chi connectivity index (χ2n) is 10.1. The van der Waals surface area contributed by atoms with Crippen LogP contribution in [0.3, 0.4) is 0 Å². The number of hydrogen-bond acceptors (Lipinski definition) is 7. The molecule has 0 bridgehead atoms. The lowest BCUT2D eigenvalue weighted by Gasteiger charge is -2.25. The van der Waals surface area contributed by atoms with Crippen LogP contribution in [0.4, 0.5) is 0 Å². The zero-order valence-corrected chi connectivity index (χ0v) is 20.5. The molecule has 0 saturated carbocycles. The van der Waals surface area contributed by atoms with Crippen LogP contribution in [0.2, 0.25) is 0 Å². The number of rotatable bonds is 6. The molecule has 0 aromatic carbocycles. The Kier molecular flexibility index (Phi) is 6.35. The molecular weight excluding hydrogens is 438 g/mol. The lowest BCUT2D eigenvalue weighted by Crippen LogP contribution is -2.47. The Bertz CT molecular complexity index is 1100. The summed E-state index contributed by atoms with van der Waals surface area (Å²) in [6.07, 6.45) is 5.33. The van der Waals surface area contributed by atoms with Crippen molar-refractivity contribution in [2.75, 3.05) is 6.54 Å². The Morgan fingerprint density at radius 2 is 1.97 bits per heavy atom. The quantitative estimate of drug-likeness (QED) is 0.695. The Morgan fingerprint density at radius 1 is 1.21 bits per heavy atom. The number of fused-ring (bicyclic) bond motifs is 3. The highest BCUT2D eigenvalue weighted by Gasteiger charge is 2.40. The van der Waals surface area contributed by atoms with E-state index in [9.17, 15) is 14.4 Å². The average molecular weight is 470 g/mol. The predicted molar refractivity (Wildman–Crippen MR) is 126 cm³/mol. The lowest BCUT2D eigenvalue weighted by molar-refractivity contribution is -0.137. The molecule has 0 spiro atoms. The van der Waals surface area contributed by atoms with Crippen LogP contribution in [0.5, 0.6) is 0 Å². The standard InChI is InChI=1S/C24H31N5O3S/c1-13(30)5-6-14-9-10-29(20(14)22(25)32)18(31)11-17-27-16-8-7-15-12-26-23(24(2,3)4)28-19(15)21(16)33-17/h12,14,20H,5-11H2,1-4H3,(H2,25,32)/t14-,20+/m1/s1. The molecule has 0 unspecified atom stereocenters. The van der Waals surface area contributed by atoms with Gasteiger partial charge >= 0.3 is 0 Å². The van der Waals surface area contributed by atoms with Crippen molar-refractivity contribution in [1.82, 2.24) is 19.9 Å². The number of aryl methyl sites for hydroxylation is 2. The van der Waals surface area contributed by atoms with Crippen molar-refractivity contribution in [1.29, 1.82) is 0 Å². The van der Waals surface area contributed by atoms with Crippen molar-refractivity contribution < 1.29 is 14.4 Å². The van der Waals surface area contributed by atoms with E-state index >= 15 is 0 Å². The molecule has 9 heteroatoms. The van der Waals surface area contributed by atoms with Crippen LogP contribution >= 0.6 is 11.3 Å². The zero-order valence-electron chi connectivity index (χ0n) is 19.7. The van der Waals surface area contributed by atoms with E-state index < -0.39 is 11.9 Å². The third kappa shape index (κ3) is 4.83. The number of aromatic nitrogens is 3. The molecule has 33 heavy (non-hydrogen) atoms. The minimum Gasteiger partial charge on any atom is -0.368 e. The topological polar surface area (TPSA) is 119 Å². The molecule has 0 radical (unpaired) electrons. The van der Waals surface area contributed by atoms with Gasteiger partial charge in [-0.2, -0.15) is 0 Å². The number of nitrogens with two attached hydrogens (primary N) is 1. The SMILES string of the molecule is CC(=O)CC[C@@H]1CCN(C(=O)Cc2nc3c(s2)-c2nc(C(C)(C)C)ncc2CC3)[C@@H]1C(N)=O. The van der Waals surface area contributed by atoms with Crippen molar-refractivity contribution in [2.45, 2.75) is 77.7 Å². The van der Waals surface area contributed by atoms with Gasteiger partial charge in [-0.25, -0.2) is 15.0 Å². The molecule has 4 rings (SSSR count). The number of carbonyl (C=O) groups excluding carboxylic acids is 3. The molecule has 2 amide bonds. The Hall–Kier alpha value is -2.68. The molecule has 2 atom stereocenters. The molecule has 1 saturated heterocycles. The number of carbonyl (C=O) groups is 3. The number of Topliss-reactive ketones (excluding diaryl/α,β-unsaturated/α-hetero) is 1. The third-order valence-corrected chi connectivity index (χ3v) is 7.53. The molecule has 2 aromatic heterocycles. The van der Waals surface area contributed by atoms with E-state index in [1.807, 2.05) is 6.20 Å². The van der Waals surface area contributed by atoms with E-state index in [0.717, 1.165) is 45.5 Å². The number of nitrogens with zero attached hydrogens (tertiary/aromatic N) is 4. The summed E-state index contributed by atoms with van der Waals surface area (Å²) in [6, 6.07) is -0.658. The fraction of sp³-hybridized carbons (Fsp3) is 0.583. The van der Waals surface area contributed by atoms with E-state index in [0.29, 0.717) is 25.8 Å². The first-order valence-corrected chi connectivity index (χ1v) is 12.3. The second-order valence-corrected chi connectivity index (χ2v) is 11.2. The first-order valence-electron chi connectivity index (χ1n) is 11.5. The van der Waals surface area contributed by atoms with Gasteiger partial charge < -0.3 is 15.4 Å². The van der Waals surface area contributed by atoms with Crippen molar-refractivity contribution >= 4 is 28.9 Å². The highest BCUT2D eigenvalue weighted by molar-refractivity contribution is 7.15. The van der Waals surface area contributed by atoms with Gasteiger partial charge in [0.2, 0.25) is 11.8 Å². The van der Waals surface area contributed by atoms with Crippen LogP contribution in [-0.4, -0.2) is 50.0 Å². The number of ketones is 1. The fourth-order valence-corrected chi connectivity index (χ4v) is 5.80. The van der Waals surface area contributed by atoms with Gasteiger partial charge in [0.15, 0.2) is 0 Å². The molecule has 2 aliphatic rings. The lowest BCUT2D eigenvalue weighted by atomic mass is 9.93. The van der Waals surface area contributed by atoms with Crippen LogP contribution in [0.15, 0.2) is 6.20 Å². The van der Waals surface area contributed by atoms with Crippen LogP contribution < -0.4 is 5.73 Å². The van der Waals surface area contributed by atoms with Crippen molar-refractivity contribution in [3.8, 4) is 10.6 Å². The number of likely N-dealkylation sites (tertiary alicyclic amines) is 1. The molecule has 2 aromatic rings. The second kappa shape index (κ2) is 8.93. The number of primary amides is 1. The summed E-state index contributed by atoms with van der Waals surface area (Å²) >= 11 is 1.50. The van der Waals surface area contributed by atoms with E-state index in [1.54, 1.807) is 4.90 Å². The van der Waals surface area contributed by atoms with Gasteiger partial charge in [0.1, 0.15) is 22.7 Å². The van der Waals surface area contributed by atoms with Crippen molar-refractivity contribution in [3.63, 3.8) is 0 Å². The third-order valence-electron chi connectivity index (χ3n) is 6.43. The summed E-state index contributed by atoms with van der Waals surface area (Å²) in [6.45, 7) is 8.28.